The number of nitrogens with one attached hydrogen (secondary N) is 1. The highest BCUT2D eigenvalue weighted by atomic mass is 19.1. The Morgan fingerprint density at radius 3 is 2.88 bits per heavy atom. The summed E-state index contributed by atoms with van der Waals surface area (Å²) < 4.78 is 20.9. The zero-order chi connectivity index (χ0) is 16.5. The van der Waals surface area contributed by atoms with Crippen LogP contribution in [0.5, 0.6) is 5.75 Å². The van der Waals surface area contributed by atoms with E-state index in [-0.39, 0.29) is 18.1 Å². The number of rotatable bonds is 3. The molecule has 0 saturated heterocycles. The number of carbonyl (C=O) groups excluding carboxylic acids is 1. The molecule has 0 unspecified atom stereocenters. The lowest BCUT2D eigenvalue weighted by Crippen LogP contribution is -2.21. The fraction of sp³-hybridized carbons (Fsp3) is 0.111. The van der Waals surface area contributed by atoms with E-state index in [2.05, 4.69) is 10.4 Å². The van der Waals surface area contributed by atoms with Gasteiger partial charge < -0.3 is 10.1 Å². The predicted molar refractivity (Wildman–Crippen MR) is 87.0 cm³/mol. The Balaban J connectivity index is 1.60. The Morgan fingerprint density at radius 1 is 1.21 bits per heavy atom. The molecule has 2 heterocycles. The SMILES string of the molecule is O=C(Cn1ncc2c1-c1ccccc1OC2)Nc1ccccc1F. The Morgan fingerprint density at radius 2 is 2.00 bits per heavy atom. The van der Waals surface area contributed by atoms with E-state index in [9.17, 15) is 9.18 Å². The average molecular weight is 323 g/mol. The summed E-state index contributed by atoms with van der Waals surface area (Å²) in [7, 11) is 0. The first-order chi connectivity index (χ1) is 11.7. The zero-order valence-corrected chi connectivity index (χ0v) is 12.7. The number of anilines is 1. The van der Waals surface area contributed by atoms with E-state index in [0.29, 0.717) is 6.61 Å². The number of benzene rings is 2. The molecule has 1 aromatic heterocycles. The smallest absolute Gasteiger partial charge is 0.246 e. The van der Waals surface area contributed by atoms with Crippen LogP contribution in [-0.2, 0) is 17.9 Å². The van der Waals surface area contributed by atoms with Gasteiger partial charge in [0.25, 0.3) is 0 Å². The Hall–Kier alpha value is -3.15. The number of hydrogen-bond acceptors (Lipinski definition) is 3. The van der Waals surface area contributed by atoms with Crippen LogP contribution in [0.25, 0.3) is 11.3 Å². The van der Waals surface area contributed by atoms with Gasteiger partial charge in [-0.05, 0) is 24.3 Å². The van der Waals surface area contributed by atoms with Crippen LogP contribution in [0.3, 0.4) is 0 Å². The molecule has 0 aliphatic carbocycles. The van der Waals surface area contributed by atoms with Crippen LogP contribution >= 0.6 is 0 Å². The average Bonchev–Trinajstić information content (AvgIpc) is 3.00. The van der Waals surface area contributed by atoms with E-state index < -0.39 is 5.82 Å². The number of amides is 1. The van der Waals surface area contributed by atoms with Crippen molar-refractivity contribution in [2.45, 2.75) is 13.2 Å². The molecular formula is C18H14FN3O2. The number of para-hydroxylation sites is 2. The maximum absolute atomic E-state index is 13.6. The van der Waals surface area contributed by atoms with Gasteiger partial charge in [0, 0.05) is 11.1 Å². The van der Waals surface area contributed by atoms with Crippen LogP contribution in [0.15, 0.2) is 54.7 Å². The van der Waals surface area contributed by atoms with Crippen molar-refractivity contribution in [3.63, 3.8) is 0 Å². The highest BCUT2D eigenvalue weighted by Gasteiger charge is 2.22. The zero-order valence-electron chi connectivity index (χ0n) is 12.7. The maximum atomic E-state index is 13.6. The third kappa shape index (κ3) is 2.52. The largest absolute Gasteiger partial charge is 0.488 e. The third-order valence-electron chi connectivity index (χ3n) is 3.88. The number of ether oxygens (including phenoxy) is 1. The summed E-state index contributed by atoms with van der Waals surface area (Å²) in [4.78, 5) is 12.3. The summed E-state index contributed by atoms with van der Waals surface area (Å²) in [6.07, 6.45) is 1.70. The van der Waals surface area contributed by atoms with Crippen LogP contribution in [0, 0.1) is 5.82 Å². The molecule has 0 spiro atoms. The Bertz CT molecular complexity index is 920. The second-order valence-corrected chi connectivity index (χ2v) is 5.49. The van der Waals surface area contributed by atoms with Crippen molar-refractivity contribution in [3.8, 4) is 17.0 Å². The Kier molecular flexibility index (Phi) is 3.49. The number of nitrogens with zero attached hydrogens (tertiary/aromatic N) is 2. The van der Waals surface area contributed by atoms with E-state index >= 15 is 0 Å². The molecule has 1 aliphatic heterocycles. The summed E-state index contributed by atoms with van der Waals surface area (Å²) in [6, 6.07) is 13.7. The van der Waals surface area contributed by atoms with Crippen molar-refractivity contribution in [3.05, 3.63) is 66.1 Å². The number of hydrogen-bond donors (Lipinski definition) is 1. The molecule has 0 bridgehead atoms. The second-order valence-electron chi connectivity index (χ2n) is 5.49. The van der Waals surface area contributed by atoms with Gasteiger partial charge in [-0.25, -0.2) is 4.39 Å². The van der Waals surface area contributed by atoms with Crippen LogP contribution < -0.4 is 10.1 Å². The molecule has 4 rings (SSSR count). The van der Waals surface area contributed by atoms with Crippen molar-refractivity contribution >= 4 is 11.6 Å². The lowest BCUT2D eigenvalue weighted by molar-refractivity contribution is -0.116. The molecule has 1 amide bonds. The van der Waals surface area contributed by atoms with Gasteiger partial charge in [0.2, 0.25) is 5.91 Å². The van der Waals surface area contributed by atoms with Crippen molar-refractivity contribution in [2.24, 2.45) is 0 Å². The number of carbonyl (C=O) groups is 1. The van der Waals surface area contributed by atoms with Gasteiger partial charge in [0.05, 0.1) is 17.6 Å². The molecule has 1 N–H and O–H groups in total. The molecule has 0 radical (unpaired) electrons. The van der Waals surface area contributed by atoms with E-state index in [1.807, 2.05) is 24.3 Å². The number of halogens is 1. The number of aromatic nitrogens is 2. The van der Waals surface area contributed by atoms with E-state index in [1.54, 1.807) is 23.0 Å². The summed E-state index contributed by atoms with van der Waals surface area (Å²) >= 11 is 0. The second kappa shape index (κ2) is 5.81. The van der Waals surface area contributed by atoms with Gasteiger partial charge in [-0.2, -0.15) is 5.10 Å². The summed E-state index contributed by atoms with van der Waals surface area (Å²) in [5.41, 5.74) is 2.84. The molecule has 120 valence electrons. The van der Waals surface area contributed by atoms with Crippen LogP contribution in [0.1, 0.15) is 5.56 Å². The van der Waals surface area contributed by atoms with Crippen molar-refractivity contribution < 1.29 is 13.9 Å². The molecule has 24 heavy (non-hydrogen) atoms. The molecule has 0 saturated carbocycles. The lowest BCUT2D eigenvalue weighted by Gasteiger charge is -2.19. The summed E-state index contributed by atoms with van der Waals surface area (Å²) in [6.45, 7) is 0.416. The van der Waals surface area contributed by atoms with Crippen LogP contribution in [0.4, 0.5) is 10.1 Å². The standard InChI is InChI=1S/C18H14FN3O2/c19-14-6-2-3-7-15(14)21-17(23)10-22-18-12(9-20-22)11-24-16-8-4-1-5-13(16)18/h1-9H,10-11H2,(H,21,23). The first-order valence-corrected chi connectivity index (χ1v) is 7.53. The fourth-order valence-electron chi connectivity index (χ4n) is 2.79. The van der Waals surface area contributed by atoms with Gasteiger partial charge in [-0.15, -0.1) is 0 Å². The lowest BCUT2D eigenvalue weighted by atomic mass is 10.0. The van der Waals surface area contributed by atoms with Gasteiger partial charge in [-0.3, -0.25) is 9.48 Å². The monoisotopic (exact) mass is 323 g/mol. The molecule has 3 aromatic rings. The van der Waals surface area contributed by atoms with Crippen LogP contribution in [-0.4, -0.2) is 15.7 Å². The molecule has 2 aromatic carbocycles. The van der Waals surface area contributed by atoms with Crippen LogP contribution in [0.2, 0.25) is 0 Å². The topological polar surface area (TPSA) is 56.2 Å². The highest BCUT2D eigenvalue weighted by molar-refractivity contribution is 5.91. The molecule has 0 fully saturated rings. The highest BCUT2D eigenvalue weighted by Crippen LogP contribution is 2.36. The van der Waals surface area contributed by atoms with Gasteiger partial charge in [-0.1, -0.05) is 24.3 Å². The third-order valence-corrected chi connectivity index (χ3v) is 3.88. The molecule has 5 nitrogen and oxygen atoms in total. The fourth-order valence-corrected chi connectivity index (χ4v) is 2.79. The van der Waals surface area contributed by atoms with Gasteiger partial charge >= 0.3 is 0 Å². The maximum Gasteiger partial charge on any atom is 0.246 e. The van der Waals surface area contributed by atoms with E-state index in [0.717, 1.165) is 22.6 Å². The molecular weight excluding hydrogens is 309 g/mol. The van der Waals surface area contributed by atoms with Crippen molar-refractivity contribution in [1.29, 1.82) is 0 Å². The first-order valence-electron chi connectivity index (χ1n) is 7.53. The minimum absolute atomic E-state index is 0.00198. The Labute approximate surface area is 137 Å². The molecule has 6 heteroatoms. The normalized spacial score (nSPS) is 12.0. The quantitative estimate of drug-likeness (QED) is 0.805. The van der Waals surface area contributed by atoms with E-state index in [1.165, 1.54) is 12.1 Å². The minimum Gasteiger partial charge on any atom is -0.488 e. The van der Waals surface area contributed by atoms with Gasteiger partial charge in [0.15, 0.2) is 0 Å². The van der Waals surface area contributed by atoms with Crippen molar-refractivity contribution in [2.75, 3.05) is 5.32 Å². The number of fused-ring (bicyclic) bond motifs is 3. The van der Waals surface area contributed by atoms with E-state index in [4.69, 9.17) is 4.74 Å². The summed E-state index contributed by atoms with van der Waals surface area (Å²) in [5.74, 6) is -0.0386. The van der Waals surface area contributed by atoms with Crippen molar-refractivity contribution in [1.82, 2.24) is 9.78 Å². The van der Waals surface area contributed by atoms with Gasteiger partial charge in [0.1, 0.15) is 24.7 Å². The summed E-state index contributed by atoms with van der Waals surface area (Å²) in [5, 5.41) is 6.86. The minimum atomic E-state index is -0.466. The predicted octanol–water partition coefficient (Wildman–Crippen LogP) is 3.22. The first kappa shape index (κ1) is 14.4. The molecule has 1 aliphatic rings. The molecule has 0 atom stereocenters.